The highest BCUT2D eigenvalue weighted by molar-refractivity contribution is 7.99. The summed E-state index contributed by atoms with van der Waals surface area (Å²) >= 11 is 1.19. The second-order valence-corrected chi connectivity index (χ2v) is 7.78. The number of hydrogen-bond acceptors (Lipinski definition) is 7. The number of aromatic nitrogens is 1. The number of nitrogens with one attached hydrogen (secondary N) is 1. The number of para-hydroxylation sites is 2. The van der Waals surface area contributed by atoms with Gasteiger partial charge in [0.05, 0.1) is 19.1 Å². The van der Waals surface area contributed by atoms with Crippen LogP contribution in [0, 0.1) is 5.82 Å². The lowest BCUT2D eigenvalue weighted by Crippen LogP contribution is -2.19. The maximum atomic E-state index is 13.0. The van der Waals surface area contributed by atoms with Crippen molar-refractivity contribution in [1.82, 2.24) is 10.4 Å². The van der Waals surface area contributed by atoms with Crippen LogP contribution in [-0.4, -0.2) is 30.0 Å². The molecule has 0 bridgehead atoms. The van der Waals surface area contributed by atoms with Crippen LogP contribution in [0.1, 0.15) is 11.1 Å². The summed E-state index contributed by atoms with van der Waals surface area (Å²) in [6.45, 7) is 0.276. The lowest BCUT2D eigenvalue weighted by Gasteiger charge is -2.11. The zero-order valence-corrected chi connectivity index (χ0v) is 18.5. The van der Waals surface area contributed by atoms with E-state index in [1.54, 1.807) is 30.3 Å². The molecule has 0 saturated heterocycles. The van der Waals surface area contributed by atoms with E-state index in [-0.39, 0.29) is 24.1 Å². The van der Waals surface area contributed by atoms with Gasteiger partial charge in [-0.05, 0) is 53.6 Å². The molecule has 4 rings (SSSR count). The first-order valence-electron chi connectivity index (χ1n) is 9.96. The maximum absolute atomic E-state index is 13.0. The van der Waals surface area contributed by atoms with Gasteiger partial charge in [-0.1, -0.05) is 36.0 Å². The third-order valence-electron chi connectivity index (χ3n) is 4.50. The molecule has 0 aliphatic heterocycles. The summed E-state index contributed by atoms with van der Waals surface area (Å²) in [5.74, 6) is 0.585. The molecule has 3 aromatic carbocycles. The van der Waals surface area contributed by atoms with Crippen molar-refractivity contribution in [3.8, 4) is 11.5 Å². The number of carbonyl (C=O) groups is 1. The van der Waals surface area contributed by atoms with Crippen molar-refractivity contribution in [1.29, 1.82) is 0 Å². The predicted octanol–water partition coefficient (Wildman–Crippen LogP) is 4.80. The molecule has 1 aromatic heterocycles. The van der Waals surface area contributed by atoms with Gasteiger partial charge in [0.2, 0.25) is 0 Å². The summed E-state index contributed by atoms with van der Waals surface area (Å²) in [6, 6.07) is 18.8. The molecule has 0 unspecified atom stereocenters. The molecule has 0 spiro atoms. The number of halogens is 1. The van der Waals surface area contributed by atoms with Crippen molar-refractivity contribution in [2.45, 2.75) is 11.8 Å². The van der Waals surface area contributed by atoms with Gasteiger partial charge in [-0.15, -0.1) is 0 Å². The molecule has 1 heterocycles. The minimum absolute atomic E-state index is 0.115. The van der Waals surface area contributed by atoms with Crippen LogP contribution in [0.3, 0.4) is 0 Å². The summed E-state index contributed by atoms with van der Waals surface area (Å²) in [4.78, 5) is 16.4. The lowest BCUT2D eigenvalue weighted by molar-refractivity contribution is -0.118. The van der Waals surface area contributed by atoms with E-state index in [1.807, 2.05) is 24.3 Å². The Morgan fingerprint density at radius 1 is 1.15 bits per heavy atom. The number of hydrogen-bond donors (Lipinski definition) is 1. The summed E-state index contributed by atoms with van der Waals surface area (Å²) in [5, 5.41) is 4.41. The maximum Gasteiger partial charge on any atom is 0.257 e. The number of benzene rings is 3. The summed E-state index contributed by atoms with van der Waals surface area (Å²) in [6.07, 6.45) is 1.51. The SMILES string of the molecule is COc1cc(/C=N\NC(=O)CSc2nc3ccccc3o2)ccc1OCc1ccc(F)cc1. The Hall–Kier alpha value is -3.85. The minimum atomic E-state index is -0.295. The van der Waals surface area contributed by atoms with Gasteiger partial charge in [0.15, 0.2) is 17.1 Å². The van der Waals surface area contributed by atoms with Crippen molar-refractivity contribution in [2.75, 3.05) is 12.9 Å². The summed E-state index contributed by atoms with van der Waals surface area (Å²) in [5.41, 5.74) is 5.45. The third-order valence-corrected chi connectivity index (χ3v) is 5.33. The van der Waals surface area contributed by atoms with E-state index in [1.165, 1.54) is 37.2 Å². The monoisotopic (exact) mass is 465 g/mol. The highest BCUT2D eigenvalue weighted by Gasteiger charge is 2.09. The smallest absolute Gasteiger partial charge is 0.257 e. The van der Waals surface area contributed by atoms with Crippen LogP contribution in [0.5, 0.6) is 11.5 Å². The number of fused-ring (bicyclic) bond motifs is 1. The lowest BCUT2D eigenvalue weighted by atomic mass is 10.2. The first kappa shape index (κ1) is 22.3. The normalized spacial score (nSPS) is 11.1. The van der Waals surface area contributed by atoms with Crippen molar-refractivity contribution in [3.63, 3.8) is 0 Å². The van der Waals surface area contributed by atoms with Crippen molar-refractivity contribution in [3.05, 3.63) is 83.7 Å². The molecule has 33 heavy (non-hydrogen) atoms. The van der Waals surface area contributed by atoms with E-state index in [9.17, 15) is 9.18 Å². The Bertz CT molecular complexity index is 1240. The van der Waals surface area contributed by atoms with Crippen LogP contribution in [0.2, 0.25) is 0 Å². The van der Waals surface area contributed by atoms with Crippen LogP contribution in [0.4, 0.5) is 4.39 Å². The minimum Gasteiger partial charge on any atom is -0.493 e. The quantitative estimate of drug-likeness (QED) is 0.217. The number of nitrogens with zero attached hydrogens (tertiary/aromatic N) is 2. The Labute approximate surface area is 193 Å². The van der Waals surface area contributed by atoms with Gasteiger partial charge in [0, 0.05) is 0 Å². The Balaban J connectivity index is 1.28. The van der Waals surface area contributed by atoms with Gasteiger partial charge in [0.25, 0.3) is 11.1 Å². The number of thioether (sulfide) groups is 1. The second-order valence-electron chi connectivity index (χ2n) is 6.85. The van der Waals surface area contributed by atoms with Gasteiger partial charge in [-0.2, -0.15) is 5.10 Å². The van der Waals surface area contributed by atoms with Gasteiger partial charge >= 0.3 is 0 Å². The molecule has 0 aliphatic carbocycles. The molecule has 0 radical (unpaired) electrons. The molecule has 7 nitrogen and oxygen atoms in total. The highest BCUT2D eigenvalue weighted by atomic mass is 32.2. The zero-order valence-electron chi connectivity index (χ0n) is 17.7. The topological polar surface area (TPSA) is 86.0 Å². The van der Waals surface area contributed by atoms with Crippen molar-refractivity contribution < 1.29 is 23.1 Å². The van der Waals surface area contributed by atoms with E-state index in [4.69, 9.17) is 13.9 Å². The fraction of sp³-hybridized carbons (Fsp3) is 0.125. The van der Waals surface area contributed by atoms with Gasteiger partial charge in [-0.3, -0.25) is 4.79 Å². The number of hydrazone groups is 1. The van der Waals surface area contributed by atoms with Crippen LogP contribution < -0.4 is 14.9 Å². The first-order chi connectivity index (χ1) is 16.1. The zero-order chi connectivity index (χ0) is 23.0. The number of oxazole rings is 1. The van der Waals surface area contributed by atoms with E-state index in [0.29, 0.717) is 27.9 Å². The van der Waals surface area contributed by atoms with Crippen LogP contribution >= 0.6 is 11.8 Å². The molecular formula is C24H20FN3O4S. The molecule has 4 aromatic rings. The van der Waals surface area contributed by atoms with Crippen LogP contribution in [0.25, 0.3) is 11.1 Å². The van der Waals surface area contributed by atoms with E-state index < -0.39 is 0 Å². The molecule has 1 N–H and O–H groups in total. The van der Waals surface area contributed by atoms with Crippen LogP contribution in [0.15, 0.2) is 81.5 Å². The average Bonchev–Trinajstić information content (AvgIpc) is 3.26. The number of rotatable bonds is 9. The second kappa shape index (κ2) is 10.6. The average molecular weight is 466 g/mol. The predicted molar refractivity (Wildman–Crippen MR) is 124 cm³/mol. The molecule has 9 heteroatoms. The number of amides is 1. The number of carbonyl (C=O) groups excluding carboxylic acids is 1. The Morgan fingerprint density at radius 3 is 2.76 bits per heavy atom. The third kappa shape index (κ3) is 6.11. The van der Waals surface area contributed by atoms with Crippen molar-refractivity contribution in [2.24, 2.45) is 5.10 Å². The Morgan fingerprint density at radius 2 is 1.97 bits per heavy atom. The fourth-order valence-electron chi connectivity index (χ4n) is 2.88. The van der Waals surface area contributed by atoms with E-state index in [2.05, 4.69) is 15.5 Å². The molecule has 168 valence electrons. The van der Waals surface area contributed by atoms with Crippen molar-refractivity contribution >= 4 is 35.0 Å². The molecule has 1 amide bonds. The summed E-state index contributed by atoms with van der Waals surface area (Å²) < 4.78 is 29.7. The standard InChI is InChI=1S/C24H20FN3O4S/c1-30-22-12-17(8-11-21(22)31-14-16-6-9-18(25)10-7-16)13-26-28-23(29)15-33-24-27-19-4-2-3-5-20(19)32-24/h2-13H,14-15H2,1H3,(H,28,29)/b26-13-. The summed E-state index contributed by atoms with van der Waals surface area (Å²) in [7, 11) is 1.53. The van der Waals surface area contributed by atoms with Crippen LogP contribution in [-0.2, 0) is 11.4 Å². The molecule has 0 atom stereocenters. The van der Waals surface area contributed by atoms with E-state index in [0.717, 1.165) is 11.1 Å². The largest absolute Gasteiger partial charge is 0.493 e. The van der Waals surface area contributed by atoms with Gasteiger partial charge in [-0.25, -0.2) is 14.8 Å². The molecular weight excluding hydrogens is 445 g/mol. The van der Waals surface area contributed by atoms with Gasteiger partial charge in [0.1, 0.15) is 17.9 Å². The fourth-order valence-corrected chi connectivity index (χ4v) is 3.51. The first-order valence-corrected chi connectivity index (χ1v) is 10.9. The molecule has 0 aliphatic rings. The highest BCUT2D eigenvalue weighted by Crippen LogP contribution is 2.28. The van der Waals surface area contributed by atoms with E-state index >= 15 is 0 Å². The van der Waals surface area contributed by atoms with Gasteiger partial charge < -0.3 is 13.9 Å². The number of ether oxygens (including phenoxy) is 2. The molecule has 0 fully saturated rings. The molecule has 0 saturated carbocycles. The Kier molecular flexibility index (Phi) is 7.21. The number of methoxy groups -OCH3 is 1.